The summed E-state index contributed by atoms with van der Waals surface area (Å²) in [6.45, 7) is 4.31. The molecule has 15 heavy (non-hydrogen) atoms. The van der Waals surface area contributed by atoms with Crippen molar-refractivity contribution in [1.29, 1.82) is 0 Å². The van der Waals surface area contributed by atoms with E-state index in [1.54, 1.807) is 0 Å². The molecule has 1 aromatic rings. The van der Waals surface area contributed by atoms with Gasteiger partial charge in [0, 0.05) is 3.57 Å². The number of aliphatic hydroxyl groups is 1. The Bertz CT molecular complexity index is 308. The molecule has 1 N–H and O–H groups in total. The Labute approximate surface area is 105 Å². The van der Waals surface area contributed by atoms with E-state index in [-0.39, 0.29) is 0 Å². The molecule has 2 nitrogen and oxygen atoms in total. The zero-order valence-electron chi connectivity index (χ0n) is 9.16. The number of rotatable bonds is 5. The van der Waals surface area contributed by atoms with Crippen molar-refractivity contribution in [3.8, 4) is 5.75 Å². The Hall–Kier alpha value is -0.290. The summed E-state index contributed by atoms with van der Waals surface area (Å²) < 4.78 is 6.72. The molecule has 3 heteroatoms. The van der Waals surface area contributed by atoms with Crippen LogP contribution in [0, 0.1) is 3.57 Å². The van der Waals surface area contributed by atoms with E-state index in [0.29, 0.717) is 19.4 Å². The second-order valence-electron chi connectivity index (χ2n) is 3.68. The van der Waals surface area contributed by atoms with Gasteiger partial charge in [-0.25, -0.2) is 0 Å². The molecule has 1 aromatic carbocycles. The second kappa shape index (κ2) is 5.70. The maximum Gasteiger partial charge on any atom is 0.120 e. The van der Waals surface area contributed by atoms with E-state index in [2.05, 4.69) is 22.6 Å². The average Bonchev–Trinajstić information content (AvgIpc) is 2.26. The van der Waals surface area contributed by atoms with Gasteiger partial charge in [-0.05, 0) is 53.6 Å². The van der Waals surface area contributed by atoms with Gasteiger partial charge in [-0.15, -0.1) is 0 Å². The Morgan fingerprint density at radius 1 is 1.33 bits per heavy atom. The van der Waals surface area contributed by atoms with Crippen LogP contribution >= 0.6 is 22.6 Å². The summed E-state index contributed by atoms with van der Waals surface area (Å²) in [5.74, 6) is 0.822. The minimum Gasteiger partial charge on any atom is -0.491 e. The number of halogens is 1. The number of ether oxygens (including phenoxy) is 1. The van der Waals surface area contributed by atoms with E-state index in [1.165, 1.54) is 0 Å². The van der Waals surface area contributed by atoms with E-state index in [0.717, 1.165) is 9.32 Å². The van der Waals surface area contributed by atoms with E-state index < -0.39 is 5.60 Å². The Morgan fingerprint density at radius 3 is 2.53 bits per heavy atom. The van der Waals surface area contributed by atoms with E-state index >= 15 is 0 Å². The van der Waals surface area contributed by atoms with Crippen molar-refractivity contribution in [2.45, 2.75) is 32.3 Å². The third-order valence-corrected chi connectivity index (χ3v) is 3.29. The van der Waals surface area contributed by atoms with Gasteiger partial charge in [0.25, 0.3) is 0 Å². The van der Waals surface area contributed by atoms with E-state index in [9.17, 15) is 5.11 Å². The van der Waals surface area contributed by atoms with Crippen molar-refractivity contribution in [2.24, 2.45) is 0 Å². The molecular weight excluding hydrogens is 303 g/mol. The molecule has 0 radical (unpaired) electrons. The molecule has 0 unspecified atom stereocenters. The number of benzene rings is 1. The first-order valence-corrected chi connectivity index (χ1v) is 6.28. The van der Waals surface area contributed by atoms with Crippen molar-refractivity contribution in [3.05, 3.63) is 27.8 Å². The van der Waals surface area contributed by atoms with Crippen molar-refractivity contribution in [1.82, 2.24) is 0 Å². The van der Waals surface area contributed by atoms with Gasteiger partial charge in [0.1, 0.15) is 12.4 Å². The summed E-state index contributed by atoms with van der Waals surface area (Å²) >= 11 is 2.24. The van der Waals surface area contributed by atoms with Crippen LogP contribution in [0.4, 0.5) is 0 Å². The first-order chi connectivity index (χ1) is 7.09. The van der Waals surface area contributed by atoms with Gasteiger partial charge in [-0.3, -0.25) is 0 Å². The molecule has 0 saturated heterocycles. The molecule has 84 valence electrons. The fourth-order valence-corrected chi connectivity index (χ4v) is 1.74. The first-order valence-electron chi connectivity index (χ1n) is 5.20. The normalized spacial score (nSPS) is 11.5. The van der Waals surface area contributed by atoms with Crippen LogP contribution in [0.1, 0.15) is 26.7 Å². The summed E-state index contributed by atoms with van der Waals surface area (Å²) in [4.78, 5) is 0. The lowest BCUT2D eigenvalue weighted by molar-refractivity contribution is -0.0113. The summed E-state index contributed by atoms with van der Waals surface area (Å²) in [5.41, 5.74) is -0.693. The van der Waals surface area contributed by atoms with Gasteiger partial charge < -0.3 is 9.84 Å². The molecule has 0 aliphatic rings. The van der Waals surface area contributed by atoms with Crippen molar-refractivity contribution in [3.63, 3.8) is 0 Å². The quantitative estimate of drug-likeness (QED) is 0.844. The van der Waals surface area contributed by atoms with Gasteiger partial charge in [0.15, 0.2) is 0 Å². The van der Waals surface area contributed by atoms with Crippen LogP contribution in [0.15, 0.2) is 24.3 Å². The summed E-state index contributed by atoms with van der Waals surface area (Å²) in [7, 11) is 0. The third kappa shape index (κ3) is 3.99. The highest BCUT2D eigenvalue weighted by molar-refractivity contribution is 14.1. The molecule has 0 saturated carbocycles. The van der Waals surface area contributed by atoms with Crippen LogP contribution in [0.3, 0.4) is 0 Å². The van der Waals surface area contributed by atoms with Crippen LogP contribution in [0.5, 0.6) is 5.75 Å². The standard InChI is InChI=1S/C12H17IO2/c1-3-12(14,4-2)9-15-11-7-5-6-10(13)8-11/h5-8,14H,3-4,9H2,1-2H3. The lowest BCUT2D eigenvalue weighted by atomic mass is 9.99. The summed E-state index contributed by atoms with van der Waals surface area (Å²) in [6.07, 6.45) is 1.43. The number of hydrogen-bond acceptors (Lipinski definition) is 2. The van der Waals surface area contributed by atoms with Crippen LogP contribution in [-0.4, -0.2) is 17.3 Å². The van der Waals surface area contributed by atoms with Crippen molar-refractivity contribution < 1.29 is 9.84 Å². The van der Waals surface area contributed by atoms with E-state index in [4.69, 9.17) is 4.74 Å². The maximum absolute atomic E-state index is 10.0. The zero-order valence-corrected chi connectivity index (χ0v) is 11.3. The van der Waals surface area contributed by atoms with Crippen LogP contribution < -0.4 is 4.74 Å². The molecule has 0 bridgehead atoms. The monoisotopic (exact) mass is 320 g/mol. The molecule has 0 aromatic heterocycles. The predicted octanol–water partition coefficient (Wildman–Crippen LogP) is 3.22. The minimum atomic E-state index is -0.693. The minimum absolute atomic E-state index is 0.361. The Kier molecular flexibility index (Phi) is 4.86. The van der Waals surface area contributed by atoms with Gasteiger partial charge in [0.2, 0.25) is 0 Å². The Balaban J connectivity index is 2.56. The maximum atomic E-state index is 10.0. The number of hydrogen-bond donors (Lipinski definition) is 1. The van der Waals surface area contributed by atoms with Gasteiger partial charge >= 0.3 is 0 Å². The largest absolute Gasteiger partial charge is 0.491 e. The molecule has 0 spiro atoms. The third-order valence-electron chi connectivity index (χ3n) is 2.62. The van der Waals surface area contributed by atoms with Crippen molar-refractivity contribution >= 4 is 22.6 Å². The smallest absolute Gasteiger partial charge is 0.120 e. The van der Waals surface area contributed by atoms with Crippen LogP contribution in [-0.2, 0) is 0 Å². The van der Waals surface area contributed by atoms with E-state index in [1.807, 2.05) is 38.1 Å². The molecule has 0 fully saturated rings. The van der Waals surface area contributed by atoms with Crippen LogP contribution in [0.25, 0.3) is 0 Å². The van der Waals surface area contributed by atoms with Gasteiger partial charge in [0.05, 0.1) is 5.60 Å². The molecule has 0 aliphatic carbocycles. The highest BCUT2D eigenvalue weighted by Gasteiger charge is 2.22. The molecule has 0 atom stereocenters. The summed E-state index contributed by atoms with van der Waals surface area (Å²) in [6, 6.07) is 7.84. The molecule has 0 aliphatic heterocycles. The highest BCUT2D eigenvalue weighted by Crippen LogP contribution is 2.19. The zero-order chi connectivity index (χ0) is 11.3. The highest BCUT2D eigenvalue weighted by atomic mass is 127. The second-order valence-corrected chi connectivity index (χ2v) is 4.92. The fraction of sp³-hybridized carbons (Fsp3) is 0.500. The van der Waals surface area contributed by atoms with Crippen LogP contribution in [0.2, 0.25) is 0 Å². The molecule has 1 rings (SSSR count). The lowest BCUT2D eigenvalue weighted by Gasteiger charge is -2.25. The first kappa shape index (κ1) is 12.8. The predicted molar refractivity (Wildman–Crippen MR) is 70.2 cm³/mol. The molecule has 0 amide bonds. The van der Waals surface area contributed by atoms with Gasteiger partial charge in [-0.1, -0.05) is 19.9 Å². The lowest BCUT2D eigenvalue weighted by Crippen LogP contribution is -2.34. The Morgan fingerprint density at radius 2 is 2.00 bits per heavy atom. The summed E-state index contributed by atoms with van der Waals surface area (Å²) in [5, 5.41) is 10.0. The van der Waals surface area contributed by atoms with Crippen molar-refractivity contribution in [2.75, 3.05) is 6.61 Å². The topological polar surface area (TPSA) is 29.5 Å². The van der Waals surface area contributed by atoms with Gasteiger partial charge in [-0.2, -0.15) is 0 Å². The molecular formula is C12H17IO2. The SMILES string of the molecule is CCC(O)(CC)COc1cccc(I)c1. The molecule has 0 heterocycles. The average molecular weight is 320 g/mol. The fourth-order valence-electron chi connectivity index (χ4n) is 1.23.